The standard InChI is InChI=1S/C13H10N2O/c14-8-2-1-7-5-11-9(10(7)6-8)3-4-12(15)13(11)16/h1-6H,14-15H2. The zero-order chi connectivity index (χ0) is 11.3. The van der Waals surface area contributed by atoms with Crippen LogP contribution in [0.1, 0.15) is 11.1 Å². The number of rotatable bonds is 0. The topological polar surface area (TPSA) is 69.1 Å². The minimum atomic E-state index is -0.104. The van der Waals surface area contributed by atoms with E-state index in [0.717, 1.165) is 16.7 Å². The number of hydrogen-bond acceptors (Lipinski definition) is 3. The van der Waals surface area contributed by atoms with Gasteiger partial charge in [-0.2, -0.15) is 0 Å². The van der Waals surface area contributed by atoms with Gasteiger partial charge in [0, 0.05) is 11.3 Å². The monoisotopic (exact) mass is 210 g/mol. The molecule has 16 heavy (non-hydrogen) atoms. The van der Waals surface area contributed by atoms with Crippen molar-refractivity contribution in [2.75, 3.05) is 5.73 Å². The number of fused-ring (bicyclic) bond motifs is 3. The van der Waals surface area contributed by atoms with Crippen molar-refractivity contribution in [1.82, 2.24) is 0 Å². The van der Waals surface area contributed by atoms with Gasteiger partial charge in [-0.3, -0.25) is 4.79 Å². The predicted octanol–water partition coefficient (Wildman–Crippen LogP) is 1.47. The fraction of sp³-hybridized carbons (Fsp3) is 0. The van der Waals surface area contributed by atoms with Gasteiger partial charge in [-0.25, -0.2) is 0 Å². The molecule has 0 atom stereocenters. The molecular formula is C13H10N2O. The summed E-state index contributed by atoms with van der Waals surface area (Å²) in [6.45, 7) is 0. The van der Waals surface area contributed by atoms with Gasteiger partial charge in [-0.05, 0) is 41.0 Å². The summed E-state index contributed by atoms with van der Waals surface area (Å²) < 4.78 is 0. The second kappa shape index (κ2) is 2.85. The molecule has 2 aliphatic rings. The van der Waals surface area contributed by atoms with Gasteiger partial charge in [0.2, 0.25) is 5.78 Å². The molecule has 0 heterocycles. The molecule has 3 rings (SSSR count). The number of nitrogens with two attached hydrogens (primary N) is 2. The number of hydrogen-bond donors (Lipinski definition) is 2. The first-order valence-electron chi connectivity index (χ1n) is 5.01. The molecule has 0 saturated heterocycles. The van der Waals surface area contributed by atoms with Gasteiger partial charge in [0.05, 0.1) is 5.70 Å². The van der Waals surface area contributed by atoms with Crippen molar-refractivity contribution in [2.24, 2.45) is 5.73 Å². The van der Waals surface area contributed by atoms with Crippen LogP contribution in [0.15, 0.2) is 41.6 Å². The highest BCUT2D eigenvalue weighted by Gasteiger charge is 2.27. The summed E-state index contributed by atoms with van der Waals surface area (Å²) in [5.74, 6) is -0.104. The summed E-state index contributed by atoms with van der Waals surface area (Å²) in [5.41, 5.74) is 15.9. The van der Waals surface area contributed by atoms with Crippen molar-refractivity contribution in [3.05, 3.63) is 52.7 Å². The number of carbonyl (C=O) groups is 1. The molecule has 0 aliphatic heterocycles. The van der Waals surface area contributed by atoms with Gasteiger partial charge >= 0.3 is 0 Å². The number of allylic oxidation sites excluding steroid dienone is 4. The first-order chi connectivity index (χ1) is 7.66. The highest BCUT2D eigenvalue weighted by atomic mass is 16.1. The SMILES string of the molecule is NC1=CC=C2C(=Cc3ccc(N)cc32)C1=O. The third-order valence-electron chi connectivity index (χ3n) is 2.89. The molecule has 0 aromatic heterocycles. The number of anilines is 1. The van der Waals surface area contributed by atoms with Gasteiger partial charge in [-0.1, -0.05) is 12.1 Å². The maximum Gasteiger partial charge on any atom is 0.209 e. The molecule has 0 spiro atoms. The normalized spacial score (nSPS) is 17.2. The van der Waals surface area contributed by atoms with Crippen LogP contribution < -0.4 is 11.5 Å². The van der Waals surface area contributed by atoms with Gasteiger partial charge in [0.15, 0.2) is 0 Å². The third-order valence-corrected chi connectivity index (χ3v) is 2.89. The van der Waals surface area contributed by atoms with E-state index in [4.69, 9.17) is 11.5 Å². The Hall–Kier alpha value is -2.29. The number of Topliss-reactive ketones (excluding diaryl/α,β-unsaturated/α-hetero) is 1. The fourth-order valence-corrected chi connectivity index (χ4v) is 2.08. The number of carbonyl (C=O) groups excluding carboxylic acids is 1. The molecule has 0 amide bonds. The van der Waals surface area contributed by atoms with Crippen LogP contribution in [-0.2, 0) is 4.79 Å². The van der Waals surface area contributed by atoms with Crippen LogP contribution in [-0.4, -0.2) is 5.78 Å². The lowest BCUT2D eigenvalue weighted by molar-refractivity contribution is -0.111. The van der Waals surface area contributed by atoms with Crippen LogP contribution in [0.2, 0.25) is 0 Å². The van der Waals surface area contributed by atoms with Crippen LogP contribution in [0.25, 0.3) is 11.6 Å². The van der Waals surface area contributed by atoms with E-state index >= 15 is 0 Å². The molecular weight excluding hydrogens is 200 g/mol. The number of benzene rings is 1. The van der Waals surface area contributed by atoms with Gasteiger partial charge < -0.3 is 11.5 Å². The molecule has 1 aromatic rings. The second-order valence-corrected chi connectivity index (χ2v) is 3.94. The largest absolute Gasteiger partial charge is 0.399 e. The van der Waals surface area contributed by atoms with E-state index < -0.39 is 0 Å². The van der Waals surface area contributed by atoms with E-state index in [0.29, 0.717) is 11.3 Å². The Morgan fingerprint density at radius 3 is 2.62 bits per heavy atom. The molecule has 3 heteroatoms. The molecule has 1 aromatic carbocycles. The summed E-state index contributed by atoms with van der Waals surface area (Å²) in [6.07, 6.45) is 5.38. The molecule has 0 radical (unpaired) electrons. The maximum absolute atomic E-state index is 11.8. The van der Waals surface area contributed by atoms with Crippen LogP contribution in [0.3, 0.4) is 0 Å². The molecule has 0 fully saturated rings. The van der Waals surface area contributed by atoms with E-state index in [1.807, 2.05) is 30.4 Å². The lowest BCUT2D eigenvalue weighted by Crippen LogP contribution is -2.15. The van der Waals surface area contributed by atoms with Gasteiger partial charge in [0.1, 0.15) is 0 Å². The van der Waals surface area contributed by atoms with Crippen molar-refractivity contribution in [1.29, 1.82) is 0 Å². The predicted molar refractivity (Wildman–Crippen MR) is 64.1 cm³/mol. The minimum Gasteiger partial charge on any atom is -0.399 e. The Labute approximate surface area is 92.7 Å². The first kappa shape index (κ1) is 8.97. The van der Waals surface area contributed by atoms with Crippen molar-refractivity contribution < 1.29 is 4.79 Å². The highest BCUT2D eigenvalue weighted by Crippen LogP contribution is 2.39. The van der Waals surface area contributed by atoms with Crippen LogP contribution in [0.5, 0.6) is 0 Å². The van der Waals surface area contributed by atoms with E-state index in [-0.39, 0.29) is 11.5 Å². The Balaban J connectivity index is 2.25. The quantitative estimate of drug-likeness (QED) is 0.637. The summed E-state index contributed by atoms with van der Waals surface area (Å²) in [5, 5.41) is 0. The second-order valence-electron chi connectivity index (χ2n) is 3.94. The van der Waals surface area contributed by atoms with Crippen molar-refractivity contribution in [3.63, 3.8) is 0 Å². The Morgan fingerprint density at radius 2 is 1.81 bits per heavy atom. The molecule has 3 nitrogen and oxygen atoms in total. The van der Waals surface area contributed by atoms with Crippen LogP contribution >= 0.6 is 0 Å². The smallest absolute Gasteiger partial charge is 0.209 e. The Morgan fingerprint density at radius 1 is 1.00 bits per heavy atom. The lowest BCUT2D eigenvalue weighted by atomic mass is 9.94. The molecule has 0 saturated carbocycles. The average molecular weight is 210 g/mol. The molecule has 78 valence electrons. The summed E-state index contributed by atoms with van der Waals surface area (Å²) in [4.78, 5) is 11.8. The number of nitrogen functional groups attached to an aromatic ring is 1. The van der Waals surface area contributed by atoms with Crippen LogP contribution in [0.4, 0.5) is 5.69 Å². The van der Waals surface area contributed by atoms with Crippen molar-refractivity contribution in [3.8, 4) is 0 Å². The highest BCUT2D eigenvalue weighted by molar-refractivity contribution is 6.25. The fourth-order valence-electron chi connectivity index (χ4n) is 2.08. The summed E-state index contributed by atoms with van der Waals surface area (Å²) in [6, 6.07) is 5.63. The summed E-state index contributed by atoms with van der Waals surface area (Å²) >= 11 is 0. The van der Waals surface area contributed by atoms with E-state index in [1.165, 1.54) is 0 Å². The third kappa shape index (κ3) is 1.05. The molecule has 4 N–H and O–H groups in total. The molecule has 0 unspecified atom stereocenters. The van der Waals surface area contributed by atoms with Crippen LogP contribution in [0, 0.1) is 0 Å². The van der Waals surface area contributed by atoms with E-state index in [9.17, 15) is 4.79 Å². The Bertz CT molecular complexity index is 606. The zero-order valence-electron chi connectivity index (χ0n) is 8.53. The van der Waals surface area contributed by atoms with E-state index in [1.54, 1.807) is 6.08 Å². The number of ketones is 1. The minimum absolute atomic E-state index is 0.104. The maximum atomic E-state index is 11.8. The summed E-state index contributed by atoms with van der Waals surface area (Å²) in [7, 11) is 0. The molecule has 2 aliphatic carbocycles. The average Bonchev–Trinajstić information content (AvgIpc) is 2.62. The zero-order valence-corrected chi connectivity index (χ0v) is 8.53. The lowest BCUT2D eigenvalue weighted by Gasteiger charge is -2.10. The molecule has 0 bridgehead atoms. The van der Waals surface area contributed by atoms with Gasteiger partial charge in [0.25, 0.3) is 0 Å². The van der Waals surface area contributed by atoms with Gasteiger partial charge in [-0.15, -0.1) is 0 Å². The Kier molecular flexibility index (Phi) is 1.60. The van der Waals surface area contributed by atoms with Crippen molar-refractivity contribution in [2.45, 2.75) is 0 Å². The first-order valence-corrected chi connectivity index (χ1v) is 5.01. The van der Waals surface area contributed by atoms with Crippen molar-refractivity contribution >= 4 is 23.1 Å². The van der Waals surface area contributed by atoms with E-state index in [2.05, 4.69) is 0 Å².